The fourth-order valence-corrected chi connectivity index (χ4v) is 1.48. The van der Waals surface area contributed by atoms with E-state index in [4.69, 9.17) is 5.73 Å². The molecular weight excluding hydrogens is 248 g/mol. The van der Waals surface area contributed by atoms with Gasteiger partial charge in [-0.15, -0.1) is 0 Å². The molecule has 9 heteroatoms. The van der Waals surface area contributed by atoms with Crippen LogP contribution in [-0.2, 0) is 10.9 Å². The molecule has 0 spiro atoms. The minimum absolute atomic E-state index is 0.0582. The maximum Gasteiger partial charge on any atom is 0.292 e. The maximum absolute atomic E-state index is 10.5. The first-order valence-corrected chi connectivity index (χ1v) is 5.84. The highest BCUT2D eigenvalue weighted by molar-refractivity contribution is 7.70. The van der Waals surface area contributed by atoms with Crippen LogP contribution in [0.25, 0.3) is 0 Å². The molecule has 0 unspecified atom stereocenters. The van der Waals surface area contributed by atoms with Crippen molar-refractivity contribution in [2.45, 2.75) is 0 Å². The summed E-state index contributed by atoms with van der Waals surface area (Å²) >= 11 is 0. The molecule has 1 rings (SSSR count). The van der Waals surface area contributed by atoms with Crippen LogP contribution in [-0.4, -0.2) is 26.4 Å². The van der Waals surface area contributed by atoms with E-state index in [1.165, 1.54) is 18.2 Å². The molecule has 0 heterocycles. The minimum Gasteiger partial charge on any atom is -0.393 e. The molecule has 0 fully saturated rings. The van der Waals surface area contributed by atoms with Gasteiger partial charge in [-0.2, -0.15) is 0 Å². The number of anilines is 2. The van der Waals surface area contributed by atoms with E-state index in [0.717, 1.165) is 0 Å². The van der Waals surface area contributed by atoms with Crippen molar-refractivity contribution in [1.82, 2.24) is 4.72 Å². The van der Waals surface area contributed by atoms with Crippen LogP contribution in [0.4, 0.5) is 17.1 Å². The molecule has 1 aromatic carbocycles. The summed E-state index contributed by atoms with van der Waals surface area (Å²) in [5, 5.41) is 13.4. The largest absolute Gasteiger partial charge is 0.393 e. The van der Waals surface area contributed by atoms with Crippen molar-refractivity contribution in [2.24, 2.45) is 0 Å². The number of nitro groups is 1. The van der Waals surface area contributed by atoms with Crippen LogP contribution < -0.4 is 15.8 Å². The number of nitrogen functional groups attached to an aromatic ring is 1. The molecule has 0 bridgehead atoms. The van der Waals surface area contributed by atoms with Gasteiger partial charge in [-0.3, -0.25) is 10.1 Å². The third kappa shape index (κ3) is 4.25. The number of benzene rings is 1. The smallest absolute Gasteiger partial charge is 0.292 e. The second-order valence-electron chi connectivity index (χ2n) is 3.12. The van der Waals surface area contributed by atoms with E-state index in [1.807, 2.05) is 0 Å². The predicted molar refractivity (Wildman–Crippen MR) is 64.3 cm³/mol. The fraction of sp³-hybridized carbons (Fsp3) is 0.250. The van der Waals surface area contributed by atoms with Gasteiger partial charge in [-0.05, 0) is 12.1 Å². The summed E-state index contributed by atoms with van der Waals surface area (Å²) in [6.45, 7) is 0.593. The van der Waals surface area contributed by atoms with Crippen LogP contribution in [0.1, 0.15) is 0 Å². The predicted octanol–water partition coefficient (Wildman–Crippen LogP) is -0.295. The molecule has 1 aromatic rings. The van der Waals surface area contributed by atoms with Gasteiger partial charge in [0.2, 0.25) is 10.9 Å². The number of hydrogen-bond donors (Lipinski definition) is 4. The standard InChI is InChI=1S/C8H12N4O4S/c9-7-5-6(1-2-8(7)12(13)14)10-3-4-11-17(15)16/h1-2,5,10,17H,3-4,9H2,(H,11,15,16). The molecular formula is C8H12N4O4S. The lowest BCUT2D eigenvalue weighted by Crippen LogP contribution is -2.20. The number of rotatable bonds is 6. The normalized spacial score (nSPS) is 10.4. The second-order valence-corrected chi connectivity index (χ2v) is 3.95. The lowest BCUT2D eigenvalue weighted by molar-refractivity contribution is -0.383. The number of hydrogen-bond acceptors (Lipinski definition) is 6. The first-order valence-electron chi connectivity index (χ1n) is 4.66. The van der Waals surface area contributed by atoms with E-state index in [1.54, 1.807) is 0 Å². The number of nitrogens with zero attached hydrogens (tertiary/aromatic N) is 1. The van der Waals surface area contributed by atoms with Gasteiger partial charge in [-0.1, -0.05) is 0 Å². The van der Waals surface area contributed by atoms with Gasteiger partial charge in [-0.25, -0.2) is 13.1 Å². The number of nitrogens with two attached hydrogens (primary N) is 1. The lowest BCUT2D eigenvalue weighted by atomic mass is 10.2. The first-order chi connectivity index (χ1) is 8.00. The maximum atomic E-state index is 10.5. The van der Waals surface area contributed by atoms with Gasteiger partial charge in [0.25, 0.3) is 5.69 Å². The molecule has 0 saturated heterocycles. The van der Waals surface area contributed by atoms with Crippen LogP contribution in [0.5, 0.6) is 0 Å². The zero-order valence-electron chi connectivity index (χ0n) is 8.75. The highest BCUT2D eigenvalue weighted by atomic mass is 32.2. The van der Waals surface area contributed by atoms with E-state index >= 15 is 0 Å². The Labute approximate surface area is 99.0 Å². The molecule has 0 aliphatic rings. The highest BCUT2D eigenvalue weighted by Crippen LogP contribution is 2.24. The van der Waals surface area contributed by atoms with Crippen LogP contribution in [0.15, 0.2) is 18.2 Å². The van der Waals surface area contributed by atoms with Crippen LogP contribution in [0, 0.1) is 10.1 Å². The van der Waals surface area contributed by atoms with Crippen molar-refractivity contribution in [2.75, 3.05) is 24.1 Å². The molecule has 0 aliphatic carbocycles. The Morgan fingerprint density at radius 1 is 1.35 bits per heavy atom. The molecule has 0 saturated carbocycles. The Bertz CT molecular complexity index is 480. The minimum atomic E-state index is -2.60. The SMILES string of the molecule is Nc1cc(NCCN[SH](=O)=O)ccc1[N+](=O)[O-]. The fourth-order valence-electron chi connectivity index (χ4n) is 1.18. The van der Waals surface area contributed by atoms with Crippen molar-refractivity contribution >= 4 is 28.0 Å². The lowest BCUT2D eigenvalue weighted by Gasteiger charge is -2.06. The molecule has 0 aliphatic heterocycles. The average Bonchev–Trinajstić information content (AvgIpc) is 2.23. The van der Waals surface area contributed by atoms with Gasteiger partial charge < -0.3 is 11.1 Å². The number of nitrogens with one attached hydrogen (secondary N) is 2. The molecule has 17 heavy (non-hydrogen) atoms. The summed E-state index contributed by atoms with van der Waals surface area (Å²) in [5.41, 5.74) is 5.98. The Hall–Kier alpha value is -1.87. The van der Waals surface area contributed by atoms with E-state index in [0.29, 0.717) is 12.2 Å². The highest BCUT2D eigenvalue weighted by Gasteiger charge is 2.10. The summed E-state index contributed by atoms with van der Waals surface area (Å²) in [7, 11) is -2.60. The van der Waals surface area contributed by atoms with E-state index < -0.39 is 15.8 Å². The molecule has 0 radical (unpaired) electrons. The quantitative estimate of drug-likeness (QED) is 0.183. The van der Waals surface area contributed by atoms with Gasteiger partial charge in [0, 0.05) is 24.8 Å². The first kappa shape index (κ1) is 13.2. The monoisotopic (exact) mass is 260 g/mol. The summed E-state index contributed by atoms with van der Waals surface area (Å²) in [4.78, 5) is 9.93. The van der Waals surface area contributed by atoms with Crippen molar-refractivity contribution in [3.63, 3.8) is 0 Å². The van der Waals surface area contributed by atoms with Gasteiger partial charge >= 0.3 is 0 Å². The van der Waals surface area contributed by atoms with E-state index in [-0.39, 0.29) is 17.9 Å². The zero-order valence-corrected chi connectivity index (χ0v) is 9.65. The Kier molecular flexibility index (Phi) is 4.67. The third-order valence-corrected chi connectivity index (χ3v) is 2.40. The van der Waals surface area contributed by atoms with Crippen molar-refractivity contribution in [3.8, 4) is 0 Å². The molecule has 4 N–H and O–H groups in total. The molecule has 0 atom stereocenters. The summed E-state index contributed by atoms with van der Waals surface area (Å²) < 4.78 is 22.6. The van der Waals surface area contributed by atoms with Crippen molar-refractivity contribution in [1.29, 1.82) is 0 Å². The molecule has 0 aromatic heterocycles. The third-order valence-electron chi connectivity index (χ3n) is 1.92. The second kappa shape index (κ2) is 6.01. The topological polar surface area (TPSA) is 127 Å². The van der Waals surface area contributed by atoms with E-state index in [2.05, 4.69) is 10.0 Å². The zero-order chi connectivity index (χ0) is 12.8. The summed E-state index contributed by atoms with van der Waals surface area (Å²) in [5.74, 6) is 0. The van der Waals surface area contributed by atoms with Gasteiger partial charge in [0.15, 0.2) is 0 Å². The molecule has 94 valence electrons. The van der Waals surface area contributed by atoms with Gasteiger partial charge in [0.05, 0.1) is 4.92 Å². The van der Waals surface area contributed by atoms with Crippen LogP contribution in [0.2, 0.25) is 0 Å². The molecule has 0 amide bonds. The average molecular weight is 260 g/mol. The van der Waals surface area contributed by atoms with Gasteiger partial charge in [0.1, 0.15) is 5.69 Å². The number of thiol groups is 1. The number of nitro benzene ring substituents is 1. The van der Waals surface area contributed by atoms with E-state index in [9.17, 15) is 18.5 Å². The summed E-state index contributed by atoms with van der Waals surface area (Å²) in [6, 6.07) is 4.22. The van der Waals surface area contributed by atoms with Crippen LogP contribution >= 0.6 is 0 Å². The van der Waals surface area contributed by atoms with Crippen molar-refractivity contribution in [3.05, 3.63) is 28.3 Å². The van der Waals surface area contributed by atoms with Crippen molar-refractivity contribution < 1.29 is 13.3 Å². The van der Waals surface area contributed by atoms with Crippen LogP contribution in [0.3, 0.4) is 0 Å². The Balaban J connectivity index is 2.56. The summed E-state index contributed by atoms with van der Waals surface area (Å²) in [6.07, 6.45) is 0. The Morgan fingerprint density at radius 2 is 2.06 bits per heavy atom. The molecule has 8 nitrogen and oxygen atoms in total. The Morgan fingerprint density at radius 3 is 2.59 bits per heavy atom.